The molecule has 114 valence electrons. The van der Waals surface area contributed by atoms with Gasteiger partial charge in [-0.05, 0) is 18.9 Å². The zero-order chi connectivity index (χ0) is 15.5. The van der Waals surface area contributed by atoms with Crippen LogP contribution in [-0.2, 0) is 25.1 Å². The summed E-state index contributed by atoms with van der Waals surface area (Å²) in [6.45, 7) is 4.52. The number of nitrogens with zero attached hydrogens (tertiary/aromatic N) is 2. The summed E-state index contributed by atoms with van der Waals surface area (Å²) in [6.07, 6.45) is 0.860. The Morgan fingerprint density at radius 1 is 1.29 bits per heavy atom. The van der Waals surface area contributed by atoms with E-state index in [2.05, 4.69) is 5.10 Å². The van der Waals surface area contributed by atoms with Crippen LogP contribution in [0.15, 0.2) is 30.3 Å². The SMILES string of the molecule is CCc1nn(CC)c(CC(F)(CN)c2ccccc2)c1Cl. The summed E-state index contributed by atoms with van der Waals surface area (Å²) >= 11 is 6.37. The van der Waals surface area contributed by atoms with Crippen molar-refractivity contribution in [2.75, 3.05) is 6.54 Å². The Hall–Kier alpha value is -1.39. The highest BCUT2D eigenvalue weighted by Gasteiger charge is 2.33. The van der Waals surface area contributed by atoms with E-state index < -0.39 is 5.67 Å². The summed E-state index contributed by atoms with van der Waals surface area (Å²) in [7, 11) is 0. The van der Waals surface area contributed by atoms with Gasteiger partial charge in [0.05, 0.1) is 16.4 Å². The molecule has 1 heterocycles. The number of halogens is 2. The predicted molar refractivity (Wildman–Crippen MR) is 84.3 cm³/mol. The molecule has 1 unspecified atom stereocenters. The number of rotatable bonds is 6. The molecule has 1 aromatic carbocycles. The smallest absolute Gasteiger partial charge is 0.153 e. The molecule has 21 heavy (non-hydrogen) atoms. The predicted octanol–water partition coefficient (Wildman–Crippen LogP) is 3.49. The van der Waals surface area contributed by atoms with Crippen LogP contribution < -0.4 is 5.73 Å². The van der Waals surface area contributed by atoms with E-state index in [0.29, 0.717) is 22.8 Å². The summed E-state index contributed by atoms with van der Waals surface area (Å²) in [6, 6.07) is 9.01. The maximum absolute atomic E-state index is 15.3. The molecule has 0 amide bonds. The van der Waals surface area contributed by atoms with Crippen molar-refractivity contribution in [3.63, 3.8) is 0 Å². The molecule has 1 aromatic heterocycles. The fourth-order valence-corrected chi connectivity index (χ4v) is 2.82. The molecule has 0 aliphatic carbocycles. The lowest BCUT2D eigenvalue weighted by Gasteiger charge is -2.24. The molecule has 2 rings (SSSR count). The minimum Gasteiger partial charge on any atom is -0.327 e. The fraction of sp³-hybridized carbons (Fsp3) is 0.438. The maximum Gasteiger partial charge on any atom is 0.153 e. The number of hydrogen-bond donors (Lipinski definition) is 1. The zero-order valence-electron chi connectivity index (χ0n) is 12.4. The highest BCUT2D eigenvalue weighted by Crippen LogP contribution is 2.33. The lowest BCUT2D eigenvalue weighted by atomic mass is 9.90. The number of aryl methyl sites for hydroxylation is 2. The Kier molecular flexibility index (Phi) is 5.01. The Balaban J connectivity index is 2.41. The molecule has 1 atom stereocenters. The summed E-state index contributed by atoms with van der Waals surface area (Å²) in [5, 5.41) is 5.00. The molecule has 0 saturated carbocycles. The third-order valence-corrected chi connectivity index (χ3v) is 4.19. The highest BCUT2D eigenvalue weighted by molar-refractivity contribution is 6.31. The van der Waals surface area contributed by atoms with Crippen LogP contribution in [-0.4, -0.2) is 16.3 Å². The number of benzene rings is 1. The van der Waals surface area contributed by atoms with Gasteiger partial charge in [-0.1, -0.05) is 48.9 Å². The molecule has 2 N–H and O–H groups in total. The van der Waals surface area contributed by atoms with Gasteiger partial charge in [-0.25, -0.2) is 4.39 Å². The van der Waals surface area contributed by atoms with E-state index in [1.54, 1.807) is 16.8 Å². The van der Waals surface area contributed by atoms with Crippen LogP contribution in [0.2, 0.25) is 5.02 Å². The number of alkyl halides is 1. The van der Waals surface area contributed by atoms with Gasteiger partial charge in [0, 0.05) is 19.5 Å². The van der Waals surface area contributed by atoms with Gasteiger partial charge in [-0.2, -0.15) is 5.10 Å². The lowest BCUT2D eigenvalue weighted by Crippen LogP contribution is -2.33. The van der Waals surface area contributed by atoms with E-state index in [4.69, 9.17) is 17.3 Å². The Morgan fingerprint density at radius 3 is 2.48 bits per heavy atom. The summed E-state index contributed by atoms with van der Waals surface area (Å²) in [5.41, 5.74) is 6.18. The number of aromatic nitrogens is 2. The van der Waals surface area contributed by atoms with Gasteiger partial charge in [0.2, 0.25) is 0 Å². The van der Waals surface area contributed by atoms with Crippen LogP contribution in [0.25, 0.3) is 0 Å². The van der Waals surface area contributed by atoms with Crippen molar-refractivity contribution in [1.82, 2.24) is 9.78 Å². The largest absolute Gasteiger partial charge is 0.327 e. The second-order valence-electron chi connectivity index (χ2n) is 5.09. The van der Waals surface area contributed by atoms with Crippen LogP contribution >= 0.6 is 11.6 Å². The average molecular weight is 310 g/mol. The van der Waals surface area contributed by atoms with E-state index in [1.165, 1.54) is 0 Å². The van der Waals surface area contributed by atoms with Crippen molar-refractivity contribution in [2.45, 2.75) is 38.9 Å². The summed E-state index contributed by atoms with van der Waals surface area (Å²) in [4.78, 5) is 0. The topological polar surface area (TPSA) is 43.8 Å². The normalized spacial score (nSPS) is 14.1. The van der Waals surface area contributed by atoms with Crippen molar-refractivity contribution in [1.29, 1.82) is 0 Å². The molecule has 0 aliphatic heterocycles. The lowest BCUT2D eigenvalue weighted by molar-refractivity contribution is 0.171. The van der Waals surface area contributed by atoms with Crippen molar-refractivity contribution in [2.24, 2.45) is 5.73 Å². The molecular formula is C16H21ClFN3. The molecule has 0 spiro atoms. The zero-order valence-corrected chi connectivity index (χ0v) is 13.2. The van der Waals surface area contributed by atoms with Gasteiger partial charge in [-0.3, -0.25) is 4.68 Å². The molecule has 5 heteroatoms. The maximum atomic E-state index is 15.3. The van der Waals surface area contributed by atoms with Gasteiger partial charge in [0.15, 0.2) is 5.67 Å². The number of nitrogens with two attached hydrogens (primary N) is 1. The first kappa shape index (κ1) is 16.0. The van der Waals surface area contributed by atoms with Gasteiger partial charge in [0.25, 0.3) is 0 Å². The molecule has 0 aliphatic rings. The van der Waals surface area contributed by atoms with Gasteiger partial charge >= 0.3 is 0 Å². The third-order valence-electron chi connectivity index (χ3n) is 3.76. The van der Waals surface area contributed by atoms with E-state index in [1.807, 2.05) is 32.0 Å². The molecule has 0 radical (unpaired) electrons. The van der Waals surface area contributed by atoms with Crippen LogP contribution in [0.4, 0.5) is 4.39 Å². The molecule has 3 nitrogen and oxygen atoms in total. The first-order valence-corrected chi connectivity index (χ1v) is 7.62. The average Bonchev–Trinajstić information content (AvgIpc) is 2.83. The van der Waals surface area contributed by atoms with Crippen LogP contribution in [0.5, 0.6) is 0 Å². The van der Waals surface area contributed by atoms with E-state index in [9.17, 15) is 0 Å². The van der Waals surface area contributed by atoms with Gasteiger partial charge in [0.1, 0.15) is 0 Å². The Bertz CT molecular complexity index is 597. The second-order valence-corrected chi connectivity index (χ2v) is 5.47. The van der Waals surface area contributed by atoms with Crippen LogP contribution in [0.1, 0.15) is 30.8 Å². The third kappa shape index (κ3) is 3.11. The highest BCUT2D eigenvalue weighted by atomic mass is 35.5. The Labute approximate surface area is 129 Å². The first-order chi connectivity index (χ1) is 10.1. The molecule has 2 aromatic rings. The van der Waals surface area contributed by atoms with E-state index >= 15 is 4.39 Å². The van der Waals surface area contributed by atoms with E-state index in [-0.39, 0.29) is 13.0 Å². The molecule has 0 saturated heterocycles. The fourth-order valence-electron chi connectivity index (χ4n) is 2.48. The van der Waals surface area contributed by atoms with Crippen molar-refractivity contribution in [3.8, 4) is 0 Å². The van der Waals surface area contributed by atoms with Crippen LogP contribution in [0, 0.1) is 0 Å². The number of hydrogen-bond acceptors (Lipinski definition) is 2. The summed E-state index contributed by atoms with van der Waals surface area (Å²) in [5.74, 6) is 0. The van der Waals surface area contributed by atoms with E-state index in [0.717, 1.165) is 12.1 Å². The van der Waals surface area contributed by atoms with Crippen molar-refractivity contribution >= 4 is 11.6 Å². The summed E-state index contributed by atoms with van der Waals surface area (Å²) < 4.78 is 17.1. The minimum absolute atomic E-state index is 0.0936. The minimum atomic E-state index is -1.64. The van der Waals surface area contributed by atoms with Crippen molar-refractivity contribution < 1.29 is 4.39 Å². The first-order valence-electron chi connectivity index (χ1n) is 7.24. The van der Waals surface area contributed by atoms with Crippen LogP contribution in [0.3, 0.4) is 0 Å². The standard InChI is InChI=1S/C16H21ClFN3/c1-3-13-15(17)14(21(4-2)20-13)10-16(18,11-19)12-8-6-5-7-9-12/h5-9H,3-4,10-11,19H2,1-2H3. The molecule has 0 fully saturated rings. The van der Waals surface area contributed by atoms with Gasteiger partial charge in [-0.15, -0.1) is 0 Å². The van der Waals surface area contributed by atoms with Gasteiger partial charge < -0.3 is 5.73 Å². The van der Waals surface area contributed by atoms with Crippen molar-refractivity contribution in [3.05, 3.63) is 52.3 Å². The quantitative estimate of drug-likeness (QED) is 0.887. The molecule has 0 bridgehead atoms. The Morgan fingerprint density at radius 2 is 1.95 bits per heavy atom. The monoisotopic (exact) mass is 309 g/mol. The molecular weight excluding hydrogens is 289 g/mol. The second kappa shape index (κ2) is 6.58.